The summed E-state index contributed by atoms with van der Waals surface area (Å²) >= 11 is 0. The van der Waals surface area contributed by atoms with E-state index in [1.54, 1.807) is 6.20 Å². The lowest BCUT2D eigenvalue weighted by atomic mass is 9.99. The SMILES string of the molecule is Cc1cccc(Cc2cncc(N3CC(C(=O)NCCN4CCOCC4)C3)n2)c1. The summed E-state index contributed by atoms with van der Waals surface area (Å²) < 4.78 is 5.35. The summed E-state index contributed by atoms with van der Waals surface area (Å²) in [5, 5.41) is 3.07. The molecule has 0 unspecified atom stereocenters. The maximum Gasteiger partial charge on any atom is 0.226 e. The first-order valence-corrected chi connectivity index (χ1v) is 10.4. The standard InChI is InChI=1S/C22H29N5O2/c1-17-3-2-4-18(11-17)12-20-13-23-14-21(25-20)27-15-19(16-27)22(28)24-5-6-26-7-9-29-10-8-26/h2-4,11,13-14,19H,5-10,12,15-16H2,1H3,(H,24,28). The van der Waals surface area contributed by atoms with Crippen LogP contribution in [-0.4, -0.2) is 73.3 Å². The van der Waals surface area contributed by atoms with Crippen molar-refractivity contribution in [2.75, 3.05) is 57.4 Å². The van der Waals surface area contributed by atoms with Gasteiger partial charge in [0.05, 0.1) is 31.0 Å². The van der Waals surface area contributed by atoms with Crippen LogP contribution in [0.5, 0.6) is 0 Å². The van der Waals surface area contributed by atoms with Gasteiger partial charge in [0.2, 0.25) is 5.91 Å². The average Bonchev–Trinajstić information content (AvgIpc) is 2.68. The van der Waals surface area contributed by atoms with E-state index in [2.05, 4.69) is 51.3 Å². The van der Waals surface area contributed by atoms with E-state index in [-0.39, 0.29) is 11.8 Å². The van der Waals surface area contributed by atoms with Gasteiger partial charge in [-0.15, -0.1) is 0 Å². The Hall–Kier alpha value is -2.51. The number of nitrogens with one attached hydrogen (secondary N) is 1. The van der Waals surface area contributed by atoms with Gasteiger partial charge in [0.1, 0.15) is 5.82 Å². The number of benzene rings is 1. The molecule has 2 aliphatic heterocycles. The molecule has 0 aliphatic carbocycles. The van der Waals surface area contributed by atoms with Gasteiger partial charge in [0.25, 0.3) is 0 Å². The highest BCUT2D eigenvalue weighted by atomic mass is 16.5. The molecule has 7 nitrogen and oxygen atoms in total. The van der Waals surface area contributed by atoms with Crippen molar-refractivity contribution in [2.24, 2.45) is 5.92 Å². The number of aromatic nitrogens is 2. The van der Waals surface area contributed by atoms with E-state index >= 15 is 0 Å². The van der Waals surface area contributed by atoms with Crippen LogP contribution in [0.4, 0.5) is 5.82 Å². The third kappa shape index (κ3) is 5.31. The molecule has 2 saturated heterocycles. The highest BCUT2D eigenvalue weighted by Crippen LogP contribution is 2.23. The summed E-state index contributed by atoms with van der Waals surface area (Å²) in [6, 6.07) is 8.45. The fourth-order valence-corrected chi connectivity index (χ4v) is 3.80. The molecule has 0 radical (unpaired) electrons. The summed E-state index contributed by atoms with van der Waals surface area (Å²) in [4.78, 5) is 25.9. The van der Waals surface area contributed by atoms with Crippen molar-refractivity contribution in [3.63, 3.8) is 0 Å². The van der Waals surface area contributed by atoms with E-state index in [1.807, 2.05) is 6.20 Å². The molecule has 3 heterocycles. The molecule has 2 fully saturated rings. The number of amides is 1. The highest BCUT2D eigenvalue weighted by molar-refractivity contribution is 5.81. The average molecular weight is 396 g/mol. The van der Waals surface area contributed by atoms with Gasteiger partial charge < -0.3 is 15.0 Å². The van der Waals surface area contributed by atoms with Gasteiger partial charge in [-0.25, -0.2) is 4.98 Å². The zero-order chi connectivity index (χ0) is 20.1. The number of nitrogens with zero attached hydrogens (tertiary/aromatic N) is 4. The summed E-state index contributed by atoms with van der Waals surface area (Å²) in [5.74, 6) is 1.02. The summed E-state index contributed by atoms with van der Waals surface area (Å²) in [6.07, 6.45) is 4.37. The van der Waals surface area contributed by atoms with Crippen molar-refractivity contribution in [1.82, 2.24) is 20.2 Å². The first-order valence-electron chi connectivity index (χ1n) is 10.4. The fraction of sp³-hybridized carbons (Fsp3) is 0.500. The number of anilines is 1. The van der Waals surface area contributed by atoms with Crippen LogP contribution >= 0.6 is 0 Å². The van der Waals surface area contributed by atoms with Crippen LogP contribution in [0.15, 0.2) is 36.7 Å². The Bertz CT molecular complexity index is 831. The minimum atomic E-state index is 0.0296. The van der Waals surface area contributed by atoms with E-state index in [1.165, 1.54) is 11.1 Å². The molecule has 1 aromatic carbocycles. The van der Waals surface area contributed by atoms with Crippen molar-refractivity contribution in [3.8, 4) is 0 Å². The van der Waals surface area contributed by atoms with Gasteiger partial charge in [-0.1, -0.05) is 29.8 Å². The topological polar surface area (TPSA) is 70.6 Å². The molecular weight excluding hydrogens is 366 g/mol. The molecule has 4 rings (SSSR count). The molecule has 7 heteroatoms. The van der Waals surface area contributed by atoms with Crippen molar-refractivity contribution in [3.05, 3.63) is 53.5 Å². The van der Waals surface area contributed by atoms with E-state index in [4.69, 9.17) is 9.72 Å². The molecule has 0 bridgehead atoms. The minimum Gasteiger partial charge on any atom is -0.379 e. The van der Waals surface area contributed by atoms with Crippen LogP contribution in [0.1, 0.15) is 16.8 Å². The quantitative estimate of drug-likeness (QED) is 0.761. The number of morpholine rings is 1. The normalized spacial score (nSPS) is 17.8. The van der Waals surface area contributed by atoms with Crippen molar-refractivity contribution in [2.45, 2.75) is 13.3 Å². The molecule has 1 N–H and O–H groups in total. The zero-order valence-corrected chi connectivity index (χ0v) is 17.0. The van der Waals surface area contributed by atoms with Crippen LogP contribution < -0.4 is 10.2 Å². The highest BCUT2D eigenvalue weighted by Gasteiger charge is 2.33. The lowest BCUT2D eigenvalue weighted by Crippen LogP contribution is -2.55. The number of ether oxygens (including phenoxy) is 1. The molecule has 1 aromatic heterocycles. The molecule has 154 valence electrons. The second-order valence-corrected chi connectivity index (χ2v) is 7.88. The van der Waals surface area contributed by atoms with E-state index in [9.17, 15) is 4.79 Å². The van der Waals surface area contributed by atoms with Gasteiger partial charge in [-0.2, -0.15) is 0 Å². The summed E-state index contributed by atoms with van der Waals surface area (Å²) in [6.45, 7) is 8.55. The van der Waals surface area contributed by atoms with Crippen molar-refractivity contribution >= 4 is 11.7 Å². The van der Waals surface area contributed by atoms with Crippen LogP contribution in [0.3, 0.4) is 0 Å². The summed E-state index contributed by atoms with van der Waals surface area (Å²) in [5.41, 5.74) is 3.43. The van der Waals surface area contributed by atoms with Crippen LogP contribution in [0, 0.1) is 12.8 Å². The van der Waals surface area contributed by atoms with Crippen LogP contribution in [0.25, 0.3) is 0 Å². The molecule has 2 aliphatic rings. The molecule has 0 spiro atoms. The Morgan fingerprint density at radius 2 is 2.07 bits per heavy atom. The fourth-order valence-electron chi connectivity index (χ4n) is 3.80. The van der Waals surface area contributed by atoms with Gasteiger partial charge in [-0.05, 0) is 12.5 Å². The van der Waals surface area contributed by atoms with Crippen LogP contribution in [0.2, 0.25) is 0 Å². The smallest absolute Gasteiger partial charge is 0.226 e. The van der Waals surface area contributed by atoms with Gasteiger partial charge >= 0.3 is 0 Å². The van der Waals surface area contributed by atoms with E-state index in [0.29, 0.717) is 19.6 Å². The van der Waals surface area contributed by atoms with E-state index in [0.717, 1.165) is 50.8 Å². The Kier molecular flexibility index (Phi) is 6.36. The van der Waals surface area contributed by atoms with Crippen molar-refractivity contribution in [1.29, 1.82) is 0 Å². The molecule has 0 atom stereocenters. The third-order valence-corrected chi connectivity index (χ3v) is 5.55. The van der Waals surface area contributed by atoms with Crippen molar-refractivity contribution < 1.29 is 9.53 Å². The Balaban J connectivity index is 1.23. The second kappa shape index (κ2) is 9.33. The van der Waals surface area contributed by atoms with Gasteiger partial charge in [-0.3, -0.25) is 14.7 Å². The molecular formula is C22H29N5O2. The minimum absolute atomic E-state index is 0.0296. The number of aryl methyl sites for hydroxylation is 1. The molecule has 2 aromatic rings. The number of hydrogen-bond acceptors (Lipinski definition) is 6. The zero-order valence-electron chi connectivity index (χ0n) is 17.0. The Labute approximate surface area is 172 Å². The first-order chi connectivity index (χ1) is 14.2. The number of carbonyl (C=O) groups excluding carboxylic acids is 1. The molecule has 0 saturated carbocycles. The van der Waals surface area contributed by atoms with E-state index < -0.39 is 0 Å². The predicted octanol–water partition coefficient (Wildman–Crippen LogP) is 1.26. The maximum atomic E-state index is 12.4. The lowest BCUT2D eigenvalue weighted by molar-refractivity contribution is -0.125. The van der Waals surface area contributed by atoms with Crippen LogP contribution in [-0.2, 0) is 16.0 Å². The summed E-state index contributed by atoms with van der Waals surface area (Å²) in [7, 11) is 0. The Morgan fingerprint density at radius 3 is 2.86 bits per heavy atom. The van der Waals surface area contributed by atoms with Gasteiger partial charge in [0.15, 0.2) is 0 Å². The number of rotatable bonds is 7. The monoisotopic (exact) mass is 395 g/mol. The predicted molar refractivity (Wildman–Crippen MR) is 112 cm³/mol. The first kappa shape index (κ1) is 19.8. The number of hydrogen-bond donors (Lipinski definition) is 1. The lowest BCUT2D eigenvalue weighted by Gasteiger charge is -2.39. The second-order valence-electron chi connectivity index (χ2n) is 7.88. The molecule has 29 heavy (non-hydrogen) atoms. The molecule has 1 amide bonds. The number of carbonyl (C=O) groups is 1. The third-order valence-electron chi connectivity index (χ3n) is 5.55. The maximum absolute atomic E-state index is 12.4. The van der Waals surface area contributed by atoms with Gasteiger partial charge in [0, 0.05) is 51.9 Å². The largest absolute Gasteiger partial charge is 0.379 e. The Morgan fingerprint density at radius 1 is 1.24 bits per heavy atom.